The van der Waals surface area contributed by atoms with Crippen LogP contribution in [-0.2, 0) is 13.0 Å². The molecule has 0 fully saturated rings. The third kappa shape index (κ3) is 4.61. The summed E-state index contributed by atoms with van der Waals surface area (Å²) in [7, 11) is 8.20. The van der Waals surface area contributed by atoms with Crippen LogP contribution in [0.1, 0.15) is 28.3 Å². The number of rotatable bonds is 8. The molecule has 0 bridgehead atoms. The lowest BCUT2D eigenvalue weighted by Crippen LogP contribution is -2.35. The molecule has 0 N–H and O–H groups in total. The van der Waals surface area contributed by atoms with Gasteiger partial charge in [-0.2, -0.15) is 0 Å². The van der Waals surface area contributed by atoms with Crippen LogP contribution in [0.15, 0.2) is 48.5 Å². The molecule has 0 amide bonds. The summed E-state index contributed by atoms with van der Waals surface area (Å²) in [6.07, 6.45) is 0.886. The highest BCUT2D eigenvalue weighted by Gasteiger charge is 2.31. The van der Waals surface area contributed by atoms with Crippen LogP contribution < -0.4 is 23.7 Å². The van der Waals surface area contributed by atoms with Crippen molar-refractivity contribution in [3.63, 3.8) is 0 Å². The normalized spacial score (nSPS) is 15.4. The molecule has 0 saturated carbocycles. The van der Waals surface area contributed by atoms with Gasteiger partial charge in [0.05, 0.1) is 41.6 Å². The fourth-order valence-corrected chi connectivity index (χ4v) is 4.90. The molecule has 6 nitrogen and oxygen atoms in total. The molecule has 1 aliphatic rings. The van der Waals surface area contributed by atoms with Crippen LogP contribution in [-0.4, -0.2) is 47.0 Å². The summed E-state index contributed by atoms with van der Waals surface area (Å²) in [4.78, 5) is 2.43. The van der Waals surface area contributed by atoms with Crippen LogP contribution in [0.25, 0.3) is 0 Å². The maximum absolute atomic E-state index is 6.41. The smallest absolute Gasteiger partial charge is 0.203 e. The third-order valence-electron chi connectivity index (χ3n) is 6.25. The molecule has 180 valence electrons. The number of fused-ring (bicyclic) bond motifs is 1. The molecule has 0 saturated heterocycles. The number of halogens is 1. The first-order valence-electron chi connectivity index (χ1n) is 11.1. The minimum atomic E-state index is -0.0126. The highest BCUT2D eigenvalue weighted by molar-refractivity contribution is 6.30. The van der Waals surface area contributed by atoms with Crippen molar-refractivity contribution in [2.75, 3.05) is 42.1 Å². The minimum absolute atomic E-state index is 0.0126. The Morgan fingerprint density at radius 3 is 2.03 bits per heavy atom. The monoisotopic (exact) mass is 483 g/mol. The van der Waals surface area contributed by atoms with E-state index in [4.69, 9.17) is 35.3 Å². The second-order valence-corrected chi connectivity index (χ2v) is 8.55. The molecule has 0 radical (unpaired) electrons. The average molecular weight is 484 g/mol. The fraction of sp³-hybridized carbons (Fsp3) is 0.333. The molecular weight excluding hydrogens is 454 g/mol. The highest BCUT2D eigenvalue weighted by atomic mass is 35.5. The molecule has 7 heteroatoms. The van der Waals surface area contributed by atoms with Gasteiger partial charge in [-0.05, 0) is 65.1 Å². The van der Waals surface area contributed by atoms with Gasteiger partial charge in [0.1, 0.15) is 0 Å². The standard InChI is InChI=1S/C27H30ClNO5/c1-30-22-14-18-9-10-29(16-17-11-24(32-3)27(34-5)25(12-17)33-4)26(21(18)15-23(22)31-2)19-7-6-8-20(28)13-19/h6-8,11-15,26H,9-10,16H2,1-5H3. The van der Waals surface area contributed by atoms with Crippen LogP contribution in [0.3, 0.4) is 0 Å². The topological polar surface area (TPSA) is 49.4 Å². The Kier molecular flexibility index (Phi) is 7.39. The third-order valence-corrected chi connectivity index (χ3v) is 6.48. The van der Waals surface area contributed by atoms with E-state index in [1.54, 1.807) is 35.5 Å². The van der Waals surface area contributed by atoms with E-state index in [2.05, 4.69) is 23.1 Å². The molecule has 3 aromatic carbocycles. The van der Waals surface area contributed by atoms with Gasteiger partial charge in [-0.25, -0.2) is 0 Å². The molecule has 1 unspecified atom stereocenters. The summed E-state index contributed by atoms with van der Waals surface area (Å²) in [6, 6.07) is 16.2. The molecule has 4 rings (SSSR count). The van der Waals surface area contributed by atoms with Crippen molar-refractivity contribution in [2.45, 2.75) is 19.0 Å². The van der Waals surface area contributed by atoms with Crippen molar-refractivity contribution in [1.82, 2.24) is 4.90 Å². The van der Waals surface area contributed by atoms with Crippen molar-refractivity contribution in [2.24, 2.45) is 0 Å². The Bertz CT molecular complexity index is 1140. The largest absolute Gasteiger partial charge is 0.493 e. The summed E-state index contributed by atoms with van der Waals surface area (Å²) < 4.78 is 27.8. The lowest BCUT2D eigenvalue weighted by molar-refractivity contribution is 0.203. The Balaban J connectivity index is 1.80. The average Bonchev–Trinajstić information content (AvgIpc) is 2.86. The van der Waals surface area contributed by atoms with E-state index in [-0.39, 0.29) is 6.04 Å². The molecular formula is C27H30ClNO5. The van der Waals surface area contributed by atoms with Crippen LogP contribution in [0.4, 0.5) is 0 Å². The maximum atomic E-state index is 6.41. The highest BCUT2D eigenvalue weighted by Crippen LogP contribution is 2.43. The first-order chi connectivity index (χ1) is 16.5. The zero-order valence-electron chi connectivity index (χ0n) is 20.2. The molecule has 3 aromatic rings. The van der Waals surface area contributed by atoms with Crippen molar-refractivity contribution >= 4 is 11.6 Å². The summed E-state index contributed by atoms with van der Waals surface area (Å²) in [5.41, 5.74) is 4.60. The first kappa shape index (κ1) is 24.0. The summed E-state index contributed by atoms with van der Waals surface area (Å²) in [6.45, 7) is 1.54. The van der Waals surface area contributed by atoms with E-state index in [1.807, 2.05) is 30.3 Å². The second-order valence-electron chi connectivity index (χ2n) is 8.12. The lowest BCUT2D eigenvalue weighted by Gasteiger charge is -2.38. The van der Waals surface area contributed by atoms with Crippen molar-refractivity contribution in [3.8, 4) is 28.7 Å². The van der Waals surface area contributed by atoms with E-state index in [1.165, 1.54) is 11.1 Å². The Morgan fingerprint density at radius 1 is 0.794 bits per heavy atom. The van der Waals surface area contributed by atoms with Gasteiger partial charge in [-0.1, -0.05) is 23.7 Å². The van der Waals surface area contributed by atoms with E-state index in [9.17, 15) is 0 Å². The number of hydrogen-bond donors (Lipinski definition) is 0. The first-order valence-corrected chi connectivity index (χ1v) is 11.4. The lowest BCUT2D eigenvalue weighted by atomic mass is 9.87. The number of methoxy groups -OCH3 is 5. The van der Waals surface area contributed by atoms with Crippen LogP contribution in [0.2, 0.25) is 5.02 Å². The van der Waals surface area contributed by atoms with E-state index < -0.39 is 0 Å². The summed E-state index contributed by atoms with van der Waals surface area (Å²) >= 11 is 6.41. The number of benzene rings is 3. The molecule has 1 heterocycles. The van der Waals surface area contributed by atoms with Crippen LogP contribution >= 0.6 is 11.6 Å². The maximum Gasteiger partial charge on any atom is 0.203 e. The van der Waals surface area contributed by atoms with E-state index in [0.29, 0.717) is 34.6 Å². The van der Waals surface area contributed by atoms with Gasteiger partial charge >= 0.3 is 0 Å². The molecule has 1 aliphatic heterocycles. The van der Waals surface area contributed by atoms with Crippen molar-refractivity contribution < 1.29 is 23.7 Å². The number of hydrogen-bond acceptors (Lipinski definition) is 6. The minimum Gasteiger partial charge on any atom is -0.493 e. The van der Waals surface area contributed by atoms with E-state index in [0.717, 1.165) is 29.8 Å². The quantitative estimate of drug-likeness (QED) is 0.420. The van der Waals surface area contributed by atoms with Gasteiger partial charge in [-0.15, -0.1) is 0 Å². The van der Waals surface area contributed by atoms with Gasteiger partial charge in [0.15, 0.2) is 23.0 Å². The number of ether oxygens (including phenoxy) is 5. The molecule has 1 atom stereocenters. The summed E-state index contributed by atoms with van der Waals surface area (Å²) in [5.74, 6) is 3.31. The van der Waals surface area contributed by atoms with E-state index >= 15 is 0 Å². The van der Waals surface area contributed by atoms with Gasteiger partial charge in [0.25, 0.3) is 0 Å². The number of nitrogens with zero attached hydrogens (tertiary/aromatic N) is 1. The van der Waals surface area contributed by atoms with Crippen LogP contribution in [0, 0.1) is 0 Å². The van der Waals surface area contributed by atoms with Crippen molar-refractivity contribution in [3.05, 3.63) is 75.8 Å². The van der Waals surface area contributed by atoms with Gasteiger partial charge < -0.3 is 23.7 Å². The second kappa shape index (κ2) is 10.5. The van der Waals surface area contributed by atoms with Gasteiger partial charge in [0.2, 0.25) is 5.75 Å². The SMILES string of the molecule is COc1cc2c(cc1OC)C(c1cccc(Cl)c1)N(Cc1cc(OC)c(OC)c(OC)c1)CC2. The van der Waals surface area contributed by atoms with Crippen molar-refractivity contribution in [1.29, 1.82) is 0 Å². The molecule has 0 aliphatic carbocycles. The predicted molar refractivity (Wildman–Crippen MR) is 133 cm³/mol. The van der Waals surface area contributed by atoms with Gasteiger partial charge in [0, 0.05) is 18.1 Å². The fourth-order valence-electron chi connectivity index (χ4n) is 4.70. The Hall–Kier alpha value is -3.09. The van der Waals surface area contributed by atoms with Crippen LogP contribution in [0.5, 0.6) is 28.7 Å². The molecule has 0 spiro atoms. The summed E-state index contributed by atoms with van der Waals surface area (Å²) in [5, 5.41) is 0.706. The van der Waals surface area contributed by atoms with Gasteiger partial charge in [-0.3, -0.25) is 4.90 Å². The Labute approximate surface area is 205 Å². The molecule has 0 aromatic heterocycles. The molecule has 34 heavy (non-hydrogen) atoms. The predicted octanol–water partition coefficient (Wildman–Crippen LogP) is 5.53. The zero-order chi connectivity index (χ0) is 24.2. The zero-order valence-corrected chi connectivity index (χ0v) is 20.9. The Morgan fingerprint density at radius 2 is 1.44 bits per heavy atom.